The fraction of sp³-hybridized carbons (Fsp3) is 0.296. The molecule has 172 valence electrons. The molecule has 0 aliphatic heterocycles. The third kappa shape index (κ3) is 7.12. The molecule has 0 fully saturated rings. The van der Waals surface area contributed by atoms with E-state index in [4.69, 9.17) is 4.74 Å². The lowest BCUT2D eigenvalue weighted by molar-refractivity contribution is -0.127. The maximum atomic E-state index is 13.3. The standard InChI is InChI=1S/C27H32N2O3Si/c1-32-23-12-10-22(11-13-23)27(29-26(31)16-9-21-6-5-17-28-19-21)25(30)18-20-7-14-24(15-8-20)33(2,3)4/h5-8,10-15,17,19,27H,9,16,18H2,1-4H3,(H,29,31). The molecule has 1 N–H and O–H groups in total. The van der Waals surface area contributed by atoms with Crippen LogP contribution in [0.25, 0.3) is 0 Å². The third-order valence-corrected chi connectivity index (χ3v) is 7.70. The van der Waals surface area contributed by atoms with Crippen molar-refractivity contribution in [1.82, 2.24) is 10.3 Å². The van der Waals surface area contributed by atoms with Crippen LogP contribution in [0.15, 0.2) is 73.1 Å². The highest BCUT2D eigenvalue weighted by molar-refractivity contribution is 6.88. The van der Waals surface area contributed by atoms with Gasteiger partial charge in [-0.1, -0.05) is 67.3 Å². The monoisotopic (exact) mass is 460 g/mol. The normalized spacial score (nSPS) is 12.1. The van der Waals surface area contributed by atoms with Crippen molar-refractivity contribution in [2.24, 2.45) is 0 Å². The van der Waals surface area contributed by atoms with Crippen LogP contribution in [-0.4, -0.2) is 31.9 Å². The minimum Gasteiger partial charge on any atom is -0.497 e. The van der Waals surface area contributed by atoms with Gasteiger partial charge in [0.05, 0.1) is 15.2 Å². The molecule has 2 aromatic carbocycles. The summed E-state index contributed by atoms with van der Waals surface area (Å²) in [7, 11) is 0.202. The number of methoxy groups -OCH3 is 1. The number of benzene rings is 2. The Kier molecular flexibility index (Phi) is 8.17. The van der Waals surface area contributed by atoms with Crippen LogP contribution in [0.3, 0.4) is 0 Å². The molecule has 0 saturated heterocycles. The van der Waals surface area contributed by atoms with Crippen LogP contribution in [0, 0.1) is 0 Å². The average Bonchev–Trinajstić information content (AvgIpc) is 2.81. The Balaban J connectivity index is 1.74. The molecule has 0 radical (unpaired) electrons. The van der Waals surface area contributed by atoms with Crippen molar-refractivity contribution in [1.29, 1.82) is 0 Å². The number of ether oxygens (including phenoxy) is 1. The van der Waals surface area contributed by atoms with E-state index in [9.17, 15) is 9.59 Å². The van der Waals surface area contributed by atoms with Gasteiger partial charge in [-0.25, -0.2) is 0 Å². The van der Waals surface area contributed by atoms with Crippen molar-refractivity contribution in [2.45, 2.75) is 44.9 Å². The number of Topliss-reactive ketones (excluding diaryl/α,β-unsaturated/α-hetero) is 1. The first-order chi connectivity index (χ1) is 15.8. The van der Waals surface area contributed by atoms with Gasteiger partial charge in [-0.2, -0.15) is 0 Å². The summed E-state index contributed by atoms with van der Waals surface area (Å²) in [6, 6.07) is 18.7. The average molecular weight is 461 g/mol. The number of aryl methyl sites for hydroxylation is 1. The largest absolute Gasteiger partial charge is 0.497 e. The first kappa shape index (κ1) is 24.4. The van der Waals surface area contributed by atoms with Gasteiger partial charge in [0.2, 0.25) is 5.91 Å². The lowest BCUT2D eigenvalue weighted by atomic mass is 9.97. The van der Waals surface area contributed by atoms with Gasteiger partial charge in [0.15, 0.2) is 5.78 Å². The number of rotatable bonds is 10. The number of hydrogen-bond acceptors (Lipinski definition) is 4. The number of ketones is 1. The molecule has 0 aliphatic carbocycles. The second-order valence-electron chi connectivity index (χ2n) is 9.22. The fourth-order valence-corrected chi connectivity index (χ4v) is 4.78. The van der Waals surface area contributed by atoms with Gasteiger partial charge >= 0.3 is 0 Å². The van der Waals surface area contributed by atoms with Crippen molar-refractivity contribution < 1.29 is 14.3 Å². The molecular weight excluding hydrogens is 428 g/mol. The van der Waals surface area contributed by atoms with Crippen molar-refractivity contribution in [3.05, 3.63) is 89.7 Å². The lowest BCUT2D eigenvalue weighted by Gasteiger charge is -2.20. The number of nitrogens with zero attached hydrogens (tertiary/aromatic N) is 1. The molecular formula is C27H32N2O3Si. The summed E-state index contributed by atoms with van der Waals surface area (Å²) in [4.78, 5) is 30.1. The summed E-state index contributed by atoms with van der Waals surface area (Å²) in [5.41, 5.74) is 2.68. The molecule has 1 amide bonds. The van der Waals surface area contributed by atoms with E-state index in [-0.39, 0.29) is 24.5 Å². The molecule has 3 aromatic rings. The van der Waals surface area contributed by atoms with E-state index in [1.54, 1.807) is 31.6 Å². The molecule has 1 heterocycles. The van der Waals surface area contributed by atoms with Crippen LogP contribution in [0.2, 0.25) is 19.6 Å². The van der Waals surface area contributed by atoms with E-state index in [0.717, 1.165) is 16.7 Å². The predicted octanol–water partition coefficient (Wildman–Crippen LogP) is 4.24. The number of carbonyl (C=O) groups is 2. The highest BCUT2D eigenvalue weighted by Gasteiger charge is 2.23. The number of pyridine rings is 1. The Hall–Kier alpha value is -3.25. The zero-order valence-corrected chi connectivity index (χ0v) is 20.8. The Bertz CT molecular complexity index is 1060. The van der Waals surface area contributed by atoms with Crippen molar-refractivity contribution >= 4 is 25.0 Å². The quantitative estimate of drug-likeness (QED) is 0.460. The number of amides is 1. The lowest BCUT2D eigenvalue weighted by Crippen LogP contribution is -2.37. The van der Waals surface area contributed by atoms with Crippen molar-refractivity contribution in [3.63, 3.8) is 0 Å². The Morgan fingerprint density at radius 3 is 2.24 bits per heavy atom. The maximum Gasteiger partial charge on any atom is 0.221 e. The summed E-state index contributed by atoms with van der Waals surface area (Å²) >= 11 is 0. The molecule has 0 spiro atoms. The maximum absolute atomic E-state index is 13.3. The SMILES string of the molecule is COc1ccc(C(NC(=O)CCc2cccnc2)C(=O)Cc2ccc([Si](C)(C)C)cc2)cc1. The summed E-state index contributed by atoms with van der Waals surface area (Å²) in [5, 5.41) is 4.31. The fourth-order valence-electron chi connectivity index (χ4n) is 3.61. The van der Waals surface area contributed by atoms with Crippen LogP contribution < -0.4 is 15.2 Å². The molecule has 1 atom stereocenters. The summed E-state index contributed by atoms with van der Waals surface area (Å²) < 4.78 is 5.24. The predicted molar refractivity (Wildman–Crippen MR) is 135 cm³/mol. The van der Waals surface area contributed by atoms with Gasteiger partial charge < -0.3 is 10.1 Å². The van der Waals surface area contributed by atoms with Crippen LogP contribution in [0.4, 0.5) is 0 Å². The third-order valence-electron chi connectivity index (χ3n) is 5.64. The summed E-state index contributed by atoms with van der Waals surface area (Å²) in [5.74, 6) is 0.493. The molecule has 5 nitrogen and oxygen atoms in total. The van der Waals surface area contributed by atoms with Crippen LogP contribution >= 0.6 is 0 Å². The second kappa shape index (κ2) is 11.1. The van der Waals surface area contributed by atoms with E-state index >= 15 is 0 Å². The zero-order valence-electron chi connectivity index (χ0n) is 19.8. The zero-order chi connectivity index (χ0) is 23.8. The minimum absolute atomic E-state index is 0.0457. The molecule has 1 aromatic heterocycles. The van der Waals surface area contributed by atoms with E-state index in [2.05, 4.69) is 42.1 Å². The minimum atomic E-state index is -1.40. The number of hydrogen-bond donors (Lipinski definition) is 1. The van der Waals surface area contributed by atoms with E-state index in [1.165, 1.54) is 5.19 Å². The van der Waals surface area contributed by atoms with E-state index < -0.39 is 14.1 Å². The van der Waals surface area contributed by atoms with Gasteiger partial charge in [-0.3, -0.25) is 14.6 Å². The molecule has 3 rings (SSSR count). The van der Waals surface area contributed by atoms with Gasteiger partial charge in [0, 0.05) is 25.2 Å². The number of aromatic nitrogens is 1. The van der Waals surface area contributed by atoms with Gasteiger partial charge in [-0.15, -0.1) is 0 Å². The van der Waals surface area contributed by atoms with Crippen LogP contribution in [0.5, 0.6) is 5.75 Å². The topological polar surface area (TPSA) is 68.3 Å². The Morgan fingerprint density at radius 1 is 0.970 bits per heavy atom. The van der Waals surface area contributed by atoms with Crippen LogP contribution in [-0.2, 0) is 22.4 Å². The van der Waals surface area contributed by atoms with Gasteiger partial charge in [0.25, 0.3) is 0 Å². The summed E-state index contributed by atoms with van der Waals surface area (Å²) in [6.07, 6.45) is 4.57. The van der Waals surface area contributed by atoms with Crippen molar-refractivity contribution in [3.8, 4) is 5.75 Å². The highest BCUT2D eigenvalue weighted by atomic mass is 28.3. The molecule has 0 aliphatic rings. The Morgan fingerprint density at radius 2 is 1.67 bits per heavy atom. The molecule has 0 saturated carbocycles. The smallest absolute Gasteiger partial charge is 0.221 e. The number of nitrogens with one attached hydrogen (secondary N) is 1. The van der Waals surface area contributed by atoms with Crippen molar-refractivity contribution in [2.75, 3.05) is 7.11 Å². The van der Waals surface area contributed by atoms with Gasteiger partial charge in [0.1, 0.15) is 11.8 Å². The van der Waals surface area contributed by atoms with Gasteiger partial charge in [-0.05, 0) is 41.3 Å². The summed E-state index contributed by atoms with van der Waals surface area (Å²) in [6.45, 7) is 6.90. The first-order valence-electron chi connectivity index (χ1n) is 11.2. The Labute approximate surface area is 197 Å². The van der Waals surface area contributed by atoms with Crippen LogP contribution in [0.1, 0.15) is 29.2 Å². The first-order valence-corrected chi connectivity index (χ1v) is 14.7. The second-order valence-corrected chi connectivity index (χ2v) is 14.3. The van der Waals surface area contributed by atoms with E-state index in [0.29, 0.717) is 12.2 Å². The molecule has 6 heteroatoms. The molecule has 1 unspecified atom stereocenters. The highest BCUT2D eigenvalue weighted by Crippen LogP contribution is 2.21. The van der Waals surface area contributed by atoms with E-state index in [1.807, 2.05) is 36.4 Å². The molecule has 0 bridgehead atoms. The number of carbonyl (C=O) groups excluding carboxylic acids is 2. The molecule has 33 heavy (non-hydrogen) atoms.